The summed E-state index contributed by atoms with van der Waals surface area (Å²) in [6, 6.07) is 10.2. The van der Waals surface area contributed by atoms with Gasteiger partial charge in [-0.2, -0.15) is 13.2 Å². The minimum atomic E-state index is -4.57. The van der Waals surface area contributed by atoms with Gasteiger partial charge in [0.15, 0.2) is 0 Å². The van der Waals surface area contributed by atoms with Gasteiger partial charge in [-0.3, -0.25) is 10.1 Å². The summed E-state index contributed by atoms with van der Waals surface area (Å²) in [5.74, 6) is -0.995. The number of halogens is 3. The maximum absolute atomic E-state index is 12.7. The number of carboxylic acids is 1. The first kappa shape index (κ1) is 21.8. The molecule has 0 aliphatic rings. The Balaban J connectivity index is 0.00000280. The summed E-state index contributed by atoms with van der Waals surface area (Å²) in [5.41, 5.74) is -1.00. The Kier molecular flexibility index (Phi) is 6.08. The molecule has 0 spiro atoms. The molecule has 0 fully saturated rings. The molecule has 3 aromatic rings. The molecule has 3 rings (SSSR count). The summed E-state index contributed by atoms with van der Waals surface area (Å²) in [6.45, 7) is 3.59. The van der Waals surface area contributed by atoms with Gasteiger partial charge < -0.3 is 9.79 Å². The van der Waals surface area contributed by atoms with E-state index in [9.17, 15) is 18.0 Å². The molecule has 28 heavy (non-hydrogen) atoms. The third-order valence-electron chi connectivity index (χ3n) is 4.02. The number of nitrogens with zero attached hydrogens (tertiary/aromatic N) is 4. The fourth-order valence-corrected chi connectivity index (χ4v) is 2.47. The molecule has 0 amide bonds. The molecule has 1 N–H and O–H groups in total. The van der Waals surface area contributed by atoms with E-state index in [0.717, 1.165) is 10.7 Å². The zero-order chi connectivity index (χ0) is 19.8. The average Bonchev–Trinajstić information content (AvgIpc) is 3.12. The summed E-state index contributed by atoms with van der Waals surface area (Å²) in [5, 5.41) is 12.6. The quantitative estimate of drug-likeness (QED) is 0.486. The number of carboxylic acid groups (broad SMARTS) is 1. The van der Waals surface area contributed by atoms with E-state index in [0.29, 0.717) is 11.4 Å². The van der Waals surface area contributed by atoms with Crippen molar-refractivity contribution in [1.29, 1.82) is 0 Å². The molecule has 6 nitrogen and oxygen atoms in total. The van der Waals surface area contributed by atoms with Crippen molar-refractivity contribution in [2.24, 2.45) is 0 Å². The van der Waals surface area contributed by atoms with Crippen molar-refractivity contribution >= 4 is 5.97 Å². The molecule has 0 bridgehead atoms. The van der Waals surface area contributed by atoms with Crippen molar-refractivity contribution in [3.8, 4) is 5.82 Å². The number of aromatic carboxylic acids is 1. The van der Waals surface area contributed by atoms with Crippen LogP contribution in [0.5, 0.6) is 0 Å². The fraction of sp³-hybridized carbons (Fsp3) is 0.222. The second kappa shape index (κ2) is 7.83. The first-order valence-corrected chi connectivity index (χ1v) is 7.83. The van der Waals surface area contributed by atoms with Crippen LogP contribution in [-0.2, 0) is 32.7 Å². The van der Waals surface area contributed by atoms with E-state index in [2.05, 4.69) is 21.3 Å². The molecule has 0 radical (unpaired) electrons. The topological polar surface area (TPSA) is 80.9 Å². The van der Waals surface area contributed by atoms with Gasteiger partial charge in [-0.1, -0.05) is 24.4 Å². The zero-order valence-corrected chi connectivity index (χ0v) is 16.9. The normalized spacial score (nSPS) is 11.8. The zero-order valence-electron chi connectivity index (χ0n) is 14.6. The molecule has 10 heteroatoms. The number of alkyl halides is 3. The Morgan fingerprint density at radius 1 is 1.04 bits per heavy atom. The number of hydrogen-bond acceptors (Lipinski definition) is 4. The average molecular weight is 570 g/mol. The summed E-state index contributed by atoms with van der Waals surface area (Å²) in [4.78, 5) is 19.7. The van der Waals surface area contributed by atoms with Gasteiger partial charge in [0, 0.05) is 32.2 Å². The molecule has 0 saturated carbocycles. The van der Waals surface area contributed by atoms with E-state index in [1.54, 1.807) is 38.1 Å². The number of aromatic nitrogens is 4. The predicted octanol–water partition coefficient (Wildman–Crippen LogP) is 3.50. The molecular weight excluding hydrogens is 556 g/mol. The van der Waals surface area contributed by atoms with Crippen LogP contribution in [-0.4, -0.2) is 30.8 Å². The van der Waals surface area contributed by atoms with Crippen molar-refractivity contribution in [3.05, 3.63) is 71.4 Å². The number of carbonyl (C=O) groups is 1. The van der Waals surface area contributed by atoms with E-state index in [1.165, 1.54) is 12.1 Å². The van der Waals surface area contributed by atoms with Crippen molar-refractivity contribution < 1.29 is 44.1 Å². The Morgan fingerprint density at radius 2 is 1.64 bits per heavy atom. The minimum Gasteiger partial charge on any atom is -0.477 e. The van der Waals surface area contributed by atoms with Crippen molar-refractivity contribution in [3.63, 3.8) is 0 Å². The molecule has 3 heterocycles. The smallest absolute Gasteiger partial charge is 0.388 e. The Labute approximate surface area is 172 Å². The van der Waals surface area contributed by atoms with Crippen LogP contribution in [0.1, 0.15) is 41.4 Å². The molecule has 0 aromatic carbocycles. The number of pyridine rings is 2. The Bertz CT molecular complexity index is 1000. The van der Waals surface area contributed by atoms with Crippen LogP contribution in [0.15, 0.2) is 42.5 Å². The third-order valence-corrected chi connectivity index (χ3v) is 4.02. The van der Waals surface area contributed by atoms with E-state index < -0.39 is 23.3 Å². The summed E-state index contributed by atoms with van der Waals surface area (Å²) < 4.78 is 39.1. The maximum atomic E-state index is 12.7. The largest absolute Gasteiger partial charge is 0.477 e. The van der Waals surface area contributed by atoms with E-state index >= 15 is 0 Å². The number of hydrogen-bond donors (Lipinski definition) is 1. The summed E-state index contributed by atoms with van der Waals surface area (Å²) in [7, 11) is 0. The minimum absolute atomic E-state index is 0. The molecule has 0 atom stereocenters. The summed E-state index contributed by atoms with van der Waals surface area (Å²) >= 11 is 0. The van der Waals surface area contributed by atoms with Gasteiger partial charge in [-0.15, -0.1) is 6.07 Å². The Morgan fingerprint density at radius 3 is 2.21 bits per heavy atom. The van der Waals surface area contributed by atoms with Crippen LogP contribution in [0.4, 0.5) is 13.2 Å². The van der Waals surface area contributed by atoms with Gasteiger partial charge in [0.2, 0.25) is 0 Å². The van der Waals surface area contributed by atoms with Gasteiger partial charge in [-0.05, 0) is 32.0 Å². The monoisotopic (exact) mass is 570 g/mol. The van der Waals surface area contributed by atoms with Crippen LogP contribution in [0.3, 0.4) is 0 Å². The van der Waals surface area contributed by atoms with Crippen molar-refractivity contribution in [2.75, 3.05) is 0 Å². The third kappa shape index (κ3) is 4.30. The molecule has 0 aliphatic heterocycles. The molecular formula is C18H14F3N4O2Pt-. The number of rotatable bonds is 4. The standard InChI is InChI=1S/C18H14F3N4O2.Pt/c1-17(2,12-6-3-5-11(22-12)16(26)27)13-7-4-8-15(23-13)25-10-9-14(24-25)18(19,20)21;/h3-9H,1-2H3,(H,26,27);/q-1;. The second-order valence-corrected chi connectivity index (χ2v) is 6.29. The molecule has 0 unspecified atom stereocenters. The van der Waals surface area contributed by atoms with Crippen LogP contribution in [0.25, 0.3) is 5.82 Å². The second-order valence-electron chi connectivity index (χ2n) is 6.29. The van der Waals surface area contributed by atoms with Crippen LogP contribution in [0.2, 0.25) is 0 Å². The van der Waals surface area contributed by atoms with Gasteiger partial charge in [0.25, 0.3) is 0 Å². The maximum Gasteiger partial charge on any atom is 0.388 e. The molecule has 0 aliphatic carbocycles. The fourth-order valence-electron chi connectivity index (χ4n) is 2.47. The van der Waals surface area contributed by atoms with E-state index in [4.69, 9.17) is 5.11 Å². The van der Waals surface area contributed by atoms with Gasteiger partial charge in [0.1, 0.15) is 5.69 Å². The van der Waals surface area contributed by atoms with E-state index in [1.807, 2.05) is 0 Å². The van der Waals surface area contributed by atoms with Gasteiger partial charge >= 0.3 is 12.1 Å². The van der Waals surface area contributed by atoms with Gasteiger partial charge in [-0.25, -0.2) is 9.78 Å². The predicted molar refractivity (Wildman–Crippen MR) is 88.5 cm³/mol. The van der Waals surface area contributed by atoms with Crippen LogP contribution in [0, 0.1) is 6.20 Å². The van der Waals surface area contributed by atoms with Crippen molar-refractivity contribution in [1.82, 2.24) is 19.7 Å². The SMILES string of the molecule is CC(C)(c1cccc(C(=O)O)n1)c1cccc(-n2[c-]cc(C(F)(F)F)n2)n1.[Pt]. The molecule has 150 valence electrons. The van der Waals surface area contributed by atoms with Crippen molar-refractivity contribution in [2.45, 2.75) is 25.4 Å². The molecule has 3 aromatic heterocycles. The van der Waals surface area contributed by atoms with Gasteiger partial charge in [0.05, 0.1) is 17.2 Å². The first-order valence-electron chi connectivity index (χ1n) is 7.83. The summed E-state index contributed by atoms with van der Waals surface area (Å²) in [6.07, 6.45) is -2.17. The van der Waals surface area contributed by atoms with E-state index in [-0.39, 0.29) is 32.6 Å². The first-order chi connectivity index (χ1) is 12.6. The van der Waals surface area contributed by atoms with Crippen LogP contribution < -0.4 is 0 Å². The van der Waals surface area contributed by atoms with Crippen LogP contribution >= 0.6 is 0 Å². The Hall–Kier alpha value is -2.54. The molecule has 0 saturated heterocycles.